The minimum atomic E-state index is -0.316. The average molecular weight is 283 g/mol. The number of carbonyl (C=O) groups excluding carboxylic acids is 2. The van der Waals surface area contributed by atoms with Gasteiger partial charge in [-0.2, -0.15) is 0 Å². The summed E-state index contributed by atoms with van der Waals surface area (Å²) in [7, 11) is 1.37. The van der Waals surface area contributed by atoms with Crippen LogP contribution in [0.1, 0.15) is 59.8 Å². The molecule has 4 nitrogen and oxygen atoms in total. The fourth-order valence-corrected chi connectivity index (χ4v) is 3.08. The molecule has 1 amide bonds. The first-order chi connectivity index (χ1) is 9.32. The number of nitrogens with one attached hydrogen (secondary N) is 1. The number of carbonyl (C=O) groups is 2. The lowest BCUT2D eigenvalue weighted by Gasteiger charge is -2.36. The van der Waals surface area contributed by atoms with Crippen molar-refractivity contribution < 1.29 is 14.3 Å². The lowest BCUT2D eigenvalue weighted by Crippen LogP contribution is -2.53. The molecule has 1 N–H and O–H groups in total. The van der Waals surface area contributed by atoms with E-state index in [0.717, 1.165) is 12.8 Å². The van der Waals surface area contributed by atoms with Crippen LogP contribution in [0.3, 0.4) is 0 Å². The van der Waals surface area contributed by atoms with Crippen LogP contribution in [0.15, 0.2) is 0 Å². The Hall–Kier alpha value is -1.06. The highest BCUT2D eigenvalue weighted by Crippen LogP contribution is 2.36. The van der Waals surface area contributed by atoms with Gasteiger partial charge in [0.15, 0.2) is 0 Å². The van der Waals surface area contributed by atoms with Crippen molar-refractivity contribution in [2.45, 2.75) is 65.3 Å². The van der Waals surface area contributed by atoms with Gasteiger partial charge in [0.1, 0.15) is 0 Å². The summed E-state index contributed by atoms with van der Waals surface area (Å²) >= 11 is 0. The molecule has 0 aromatic carbocycles. The Kier molecular flexibility index (Phi) is 6.03. The summed E-state index contributed by atoms with van der Waals surface area (Å²) in [4.78, 5) is 24.1. The Morgan fingerprint density at radius 3 is 2.10 bits per heavy atom. The molecule has 1 fully saturated rings. The fraction of sp³-hybridized carbons (Fsp3) is 0.875. The zero-order valence-electron chi connectivity index (χ0n) is 13.5. The molecule has 1 saturated carbocycles. The standard InChI is InChI=1S/C16H29NO3/c1-11(2)13(10-14(18)20-5)15(19)17-16(12(3)4)8-6-7-9-16/h11-13H,6-10H2,1-5H3,(H,17,19)/t13-/m0/s1. The first kappa shape index (κ1) is 17.0. The smallest absolute Gasteiger partial charge is 0.306 e. The number of ether oxygens (including phenoxy) is 1. The predicted molar refractivity (Wildman–Crippen MR) is 79.1 cm³/mol. The van der Waals surface area contributed by atoms with E-state index in [4.69, 9.17) is 4.74 Å². The van der Waals surface area contributed by atoms with Crippen LogP contribution in [0.2, 0.25) is 0 Å². The van der Waals surface area contributed by atoms with E-state index in [2.05, 4.69) is 19.2 Å². The first-order valence-electron chi connectivity index (χ1n) is 7.71. The predicted octanol–water partition coefficient (Wildman–Crippen LogP) is 2.91. The number of methoxy groups -OCH3 is 1. The molecule has 1 rings (SSSR count). The summed E-state index contributed by atoms with van der Waals surface area (Å²) in [6.07, 6.45) is 4.58. The van der Waals surface area contributed by atoms with Gasteiger partial charge in [0.05, 0.1) is 19.4 Å². The maximum atomic E-state index is 12.6. The van der Waals surface area contributed by atoms with Gasteiger partial charge in [0.2, 0.25) is 5.91 Å². The summed E-state index contributed by atoms with van der Waals surface area (Å²) in [6.45, 7) is 8.28. The highest BCUT2D eigenvalue weighted by molar-refractivity contribution is 5.84. The van der Waals surface area contributed by atoms with E-state index >= 15 is 0 Å². The lowest BCUT2D eigenvalue weighted by atomic mass is 9.83. The van der Waals surface area contributed by atoms with Gasteiger partial charge in [-0.05, 0) is 24.7 Å². The molecule has 0 bridgehead atoms. The van der Waals surface area contributed by atoms with Crippen LogP contribution in [0.25, 0.3) is 0 Å². The zero-order valence-corrected chi connectivity index (χ0v) is 13.5. The Labute approximate surface area is 122 Å². The van der Waals surface area contributed by atoms with E-state index in [1.807, 2.05) is 13.8 Å². The van der Waals surface area contributed by atoms with Crippen molar-refractivity contribution in [2.75, 3.05) is 7.11 Å². The van der Waals surface area contributed by atoms with E-state index in [1.165, 1.54) is 20.0 Å². The normalized spacial score (nSPS) is 19.1. The van der Waals surface area contributed by atoms with Crippen LogP contribution < -0.4 is 5.32 Å². The molecule has 1 atom stereocenters. The molecule has 1 aliphatic rings. The third kappa shape index (κ3) is 3.97. The maximum absolute atomic E-state index is 12.6. The molecule has 0 spiro atoms. The summed E-state index contributed by atoms with van der Waals surface area (Å²) in [5, 5.41) is 3.26. The fourth-order valence-electron chi connectivity index (χ4n) is 3.08. The topological polar surface area (TPSA) is 55.4 Å². The molecule has 4 heteroatoms. The van der Waals surface area contributed by atoms with Gasteiger partial charge in [-0.25, -0.2) is 0 Å². The molecule has 0 aromatic rings. The first-order valence-corrected chi connectivity index (χ1v) is 7.71. The van der Waals surface area contributed by atoms with Gasteiger partial charge in [0, 0.05) is 5.54 Å². The SMILES string of the molecule is COC(=O)C[C@H](C(=O)NC1(C(C)C)CCCC1)C(C)C. The molecular formula is C16H29NO3. The minimum Gasteiger partial charge on any atom is -0.469 e. The second kappa shape index (κ2) is 7.09. The average Bonchev–Trinajstić information content (AvgIpc) is 2.84. The van der Waals surface area contributed by atoms with Crippen LogP contribution in [0.5, 0.6) is 0 Å². The van der Waals surface area contributed by atoms with Crippen molar-refractivity contribution >= 4 is 11.9 Å². The third-order valence-corrected chi connectivity index (χ3v) is 4.73. The molecule has 0 aliphatic heterocycles. The van der Waals surface area contributed by atoms with Crippen LogP contribution in [-0.2, 0) is 14.3 Å². The van der Waals surface area contributed by atoms with Crippen molar-refractivity contribution in [1.29, 1.82) is 0 Å². The maximum Gasteiger partial charge on any atom is 0.306 e. The van der Waals surface area contributed by atoms with Crippen molar-refractivity contribution in [3.05, 3.63) is 0 Å². The Balaban J connectivity index is 2.77. The largest absolute Gasteiger partial charge is 0.469 e. The Morgan fingerprint density at radius 1 is 1.15 bits per heavy atom. The lowest BCUT2D eigenvalue weighted by molar-refractivity contribution is -0.145. The van der Waals surface area contributed by atoms with E-state index in [0.29, 0.717) is 5.92 Å². The Morgan fingerprint density at radius 2 is 1.70 bits per heavy atom. The quantitative estimate of drug-likeness (QED) is 0.763. The van der Waals surface area contributed by atoms with Crippen molar-refractivity contribution in [2.24, 2.45) is 17.8 Å². The minimum absolute atomic E-state index is 0.000926. The summed E-state index contributed by atoms with van der Waals surface area (Å²) < 4.78 is 4.70. The molecule has 1 aliphatic carbocycles. The van der Waals surface area contributed by atoms with E-state index in [9.17, 15) is 9.59 Å². The van der Waals surface area contributed by atoms with Crippen LogP contribution in [-0.4, -0.2) is 24.5 Å². The monoisotopic (exact) mass is 283 g/mol. The highest BCUT2D eigenvalue weighted by Gasteiger charge is 2.40. The number of esters is 1. The van der Waals surface area contributed by atoms with Gasteiger partial charge in [0.25, 0.3) is 0 Å². The van der Waals surface area contributed by atoms with Crippen LogP contribution in [0, 0.1) is 17.8 Å². The van der Waals surface area contributed by atoms with Gasteiger partial charge in [-0.15, -0.1) is 0 Å². The Bertz CT molecular complexity index is 344. The molecule has 0 saturated heterocycles. The number of hydrogen-bond donors (Lipinski definition) is 1. The molecule has 0 radical (unpaired) electrons. The van der Waals surface area contributed by atoms with Crippen LogP contribution >= 0.6 is 0 Å². The van der Waals surface area contributed by atoms with E-state index < -0.39 is 0 Å². The second-order valence-electron chi connectivity index (χ2n) is 6.64. The van der Waals surface area contributed by atoms with Gasteiger partial charge >= 0.3 is 5.97 Å². The molecule has 20 heavy (non-hydrogen) atoms. The van der Waals surface area contributed by atoms with Gasteiger partial charge in [-0.1, -0.05) is 40.5 Å². The van der Waals surface area contributed by atoms with Crippen LogP contribution in [0.4, 0.5) is 0 Å². The highest BCUT2D eigenvalue weighted by atomic mass is 16.5. The van der Waals surface area contributed by atoms with Crippen molar-refractivity contribution in [3.8, 4) is 0 Å². The van der Waals surface area contributed by atoms with Crippen molar-refractivity contribution in [1.82, 2.24) is 5.32 Å². The summed E-state index contributed by atoms with van der Waals surface area (Å²) in [5.41, 5.74) is -0.0830. The molecule has 116 valence electrons. The van der Waals surface area contributed by atoms with Gasteiger partial charge in [-0.3, -0.25) is 9.59 Å². The molecule has 0 aromatic heterocycles. The second-order valence-corrected chi connectivity index (χ2v) is 6.64. The summed E-state index contributed by atoms with van der Waals surface area (Å²) in [5.74, 6) is -0.0804. The van der Waals surface area contributed by atoms with Gasteiger partial charge < -0.3 is 10.1 Å². The van der Waals surface area contributed by atoms with E-state index in [1.54, 1.807) is 0 Å². The number of rotatable bonds is 6. The number of amides is 1. The number of hydrogen-bond acceptors (Lipinski definition) is 3. The molecule has 0 unspecified atom stereocenters. The zero-order chi connectivity index (χ0) is 15.3. The summed E-state index contributed by atoms with van der Waals surface area (Å²) in [6, 6.07) is 0. The molecular weight excluding hydrogens is 254 g/mol. The third-order valence-electron chi connectivity index (χ3n) is 4.73. The van der Waals surface area contributed by atoms with Crippen molar-refractivity contribution in [3.63, 3.8) is 0 Å². The molecule has 0 heterocycles. The van der Waals surface area contributed by atoms with E-state index in [-0.39, 0.29) is 35.7 Å².